The van der Waals surface area contributed by atoms with Crippen molar-refractivity contribution in [3.05, 3.63) is 53.5 Å². The topological polar surface area (TPSA) is 90.9 Å². The summed E-state index contributed by atoms with van der Waals surface area (Å²) in [6.45, 7) is 4.84. The van der Waals surface area contributed by atoms with Crippen LogP contribution in [0, 0.1) is 17.7 Å². The normalized spacial score (nSPS) is 25.0. The number of imide groups is 1. The smallest absolute Gasteiger partial charge is 0.318 e. The Balaban J connectivity index is 1.15. The fraction of sp³-hybridized carbons (Fsp3) is 0.484. The highest BCUT2D eigenvalue weighted by atomic mass is 19.1. The van der Waals surface area contributed by atoms with Gasteiger partial charge in [0.2, 0.25) is 11.8 Å². The molecule has 0 aliphatic carbocycles. The molecule has 5 aliphatic rings. The van der Waals surface area contributed by atoms with E-state index in [1.807, 2.05) is 24.3 Å². The summed E-state index contributed by atoms with van der Waals surface area (Å²) in [7, 11) is 0. The van der Waals surface area contributed by atoms with Gasteiger partial charge >= 0.3 is 6.01 Å². The van der Waals surface area contributed by atoms with E-state index < -0.39 is 0 Å². The van der Waals surface area contributed by atoms with Crippen LogP contribution in [0.4, 0.5) is 15.9 Å². The Kier molecular flexibility index (Phi) is 5.71. The summed E-state index contributed by atoms with van der Waals surface area (Å²) in [5.74, 6) is -0.600. The van der Waals surface area contributed by atoms with Gasteiger partial charge in [-0.05, 0) is 62.7 Å². The molecule has 0 saturated carbocycles. The van der Waals surface area contributed by atoms with Crippen LogP contribution in [0.15, 0.2) is 36.4 Å². The number of amides is 2. The molecule has 10 heteroatoms. The highest BCUT2D eigenvalue weighted by Crippen LogP contribution is 2.41. The van der Waals surface area contributed by atoms with Gasteiger partial charge in [0.1, 0.15) is 18.2 Å². The molecule has 0 bridgehead atoms. The largest absolute Gasteiger partial charge is 0.461 e. The molecule has 8 rings (SSSR count). The molecule has 0 spiro atoms. The third kappa shape index (κ3) is 3.98. The van der Waals surface area contributed by atoms with E-state index in [2.05, 4.69) is 20.0 Å². The zero-order valence-electron chi connectivity index (χ0n) is 22.9. The van der Waals surface area contributed by atoms with Gasteiger partial charge in [0.25, 0.3) is 0 Å². The Bertz CT molecular complexity index is 1540. The molecule has 212 valence electrons. The second kappa shape index (κ2) is 9.37. The van der Waals surface area contributed by atoms with Gasteiger partial charge in [-0.15, -0.1) is 0 Å². The predicted molar refractivity (Wildman–Crippen MR) is 151 cm³/mol. The third-order valence-corrected chi connectivity index (χ3v) is 10.0. The minimum atomic E-state index is -0.361. The van der Waals surface area contributed by atoms with Crippen molar-refractivity contribution in [2.24, 2.45) is 11.8 Å². The van der Waals surface area contributed by atoms with Gasteiger partial charge in [-0.2, -0.15) is 9.97 Å². The van der Waals surface area contributed by atoms with E-state index in [0.29, 0.717) is 50.6 Å². The Hall–Kier alpha value is -3.79. The Labute approximate surface area is 237 Å². The number of benzene rings is 2. The lowest BCUT2D eigenvalue weighted by Gasteiger charge is -2.34. The molecule has 5 aliphatic heterocycles. The molecule has 2 amide bonds. The molecule has 9 nitrogen and oxygen atoms in total. The summed E-state index contributed by atoms with van der Waals surface area (Å²) >= 11 is 0. The molecule has 41 heavy (non-hydrogen) atoms. The standard InChI is InChI=1S/C31H33FN6O3/c32-23-7-1-5-19-6-2-8-25(26(19)23)36-14-9-20-24(17-36)33-30(41-18-31-10-3-12-38(31)13-4-11-31)34-27(20)37-15-21-22(16-37)29(40)35-28(21)39/h1-2,5-8,21-22H,3-4,9-18H2,(H,35,39,40). The Morgan fingerprint density at radius 1 is 0.951 bits per heavy atom. The van der Waals surface area contributed by atoms with Gasteiger partial charge in [-0.1, -0.05) is 24.3 Å². The van der Waals surface area contributed by atoms with Crippen LogP contribution in [0.25, 0.3) is 10.8 Å². The molecule has 2 atom stereocenters. The lowest BCUT2D eigenvalue weighted by molar-refractivity contribution is -0.126. The lowest BCUT2D eigenvalue weighted by atomic mass is 9.95. The number of carbonyl (C=O) groups is 2. The number of hydrogen-bond donors (Lipinski definition) is 1. The second-order valence-electron chi connectivity index (χ2n) is 12.2. The maximum Gasteiger partial charge on any atom is 0.318 e. The number of aromatic nitrogens is 2. The van der Waals surface area contributed by atoms with Crippen LogP contribution >= 0.6 is 0 Å². The van der Waals surface area contributed by atoms with E-state index in [1.165, 1.54) is 18.9 Å². The van der Waals surface area contributed by atoms with Crippen LogP contribution < -0.4 is 19.9 Å². The number of halogens is 1. The van der Waals surface area contributed by atoms with Crippen molar-refractivity contribution in [2.45, 2.75) is 44.2 Å². The molecule has 1 N–H and O–H groups in total. The average molecular weight is 557 g/mol. The number of anilines is 2. The number of nitrogens with one attached hydrogen (secondary N) is 1. The van der Waals surface area contributed by atoms with Crippen LogP contribution in [0.3, 0.4) is 0 Å². The highest BCUT2D eigenvalue weighted by Gasteiger charge is 2.49. The minimum Gasteiger partial charge on any atom is -0.461 e. The molecule has 4 saturated heterocycles. The highest BCUT2D eigenvalue weighted by molar-refractivity contribution is 6.06. The van der Waals surface area contributed by atoms with Crippen LogP contribution in [0.1, 0.15) is 36.9 Å². The van der Waals surface area contributed by atoms with E-state index in [4.69, 9.17) is 14.7 Å². The van der Waals surface area contributed by atoms with Crippen LogP contribution in [0.2, 0.25) is 0 Å². The number of carbonyl (C=O) groups excluding carboxylic acids is 2. The van der Waals surface area contributed by atoms with Gasteiger partial charge in [0, 0.05) is 36.3 Å². The van der Waals surface area contributed by atoms with Gasteiger partial charge in [-0.3, -0.25) is 19.8 Å². The number of hydrogen-bond acceptors (Lipinski definition) is 8. The fourth-order valence-electron chi connectivity index (χ4n) is 7.93. The zero-order valence-corrected chi connectivity index (χ0v) is 22.9. The molecule has 6 heterocycles. The number of fused-ring (bicyclic) bond motifs is 4. The number of rotatable bonds is 5. The first-order valence-electron chi connectivity index (χ1n) is 14.8. The quantitative estimate of drug-likeness (QED) is 0.480. The van der Waals surface area contributed by atoms with Crippen LogP contribution in [0.5, 0.6) is 6.01 Å². The summed E-state index contributed by atoms with van der Waals surface area (Å²) in [5, 5.41) is 3.95. The first-order chi connectivity index (χ1) is 20.0. The molecular formula is C31H33FN6O3. The molecule has 0 radical (unpaired) electrons. The van der Waals surface area contributed by atoms with Crippen LogP contribution in [-0.2, 0) is 22.6 Å². The van der Waals surface area contributed by atoms with Gasteiger partial charge in [0.05, 0.1) is 29.6 Å². The van der Waals surface area contributed by atoms with E-state index in [1.54, 1.807) is 6.07 Å². The van der Waals surface area contributed by atoms with Crippen molar-refractivity contribution in [2.75, 3.05) is 49.1 Å². The summed E-state index contributed by atoms with van der Waals surface area (Å²) in [6.07, 6.45) is 5.28. The average Bonchev–Trinajstić information content (AvgIpc) is 3.74. The van der Waals surface area contributed by atoms with Crippen molar-refractivity contribution in [1.29, 1.82) is 0 Å². The van der Waals surface area contributed by atoms with Crippen molar-refractivity contribution in [3.63, 3.8) is 0 Å². The molecule has 3 aromatic rings. The lowest BCUT2D eigenvalue weighted by Crippen LogP contribution is -2.43. The molecule has 2 unspecified atom stereocenters. The Morgan fingerprint density at radius 3 is 2.44 bits per heavy atom. The van der Waals surface area contributed by atoms with E-state index in [0.717, 1.165) is 54.1 Å². The monoisotopic (exact) mass is 556 g/mol. The van der Waals surface area contributed by atoms with Gasteiger partial charge < -0.3 is 14.5 Å². The van der Waals surface area contributed by atoms with E-state index >= 15 is 4.39 Å². The number of nitrogens with zero attached hydrogens (tertiary/aromatic N) is 5. The first-order valence-corrected chi connectivity index (χ1v) is 14.8. The van der Waals surface area contributed by atoms with Crippen molar-refractivity contribution < 1.29 is 18.7 Å². The van der Waals surface area contributed by atoms with Crippen molar-refractivity contribution >= 4 is 34.1 Å². The second-order valence-corrected chi connectivity index (χ2v) is 12.2. The minimum absolute atomic E-state index is 0.0567. The summed E-state index contributed by atoms with van der Waals surface area (Å²) in [5.41, 5.74) is 2.77. The van der Waals surface area contributed by atoms with Gasteiger partial charge in [-0.25, -0.2) is 4.39 Å². The molecule has 1 aromatic heterocycles. The third-order valence-electron chi connectivity index (χ3n) is 10.0. The van der Waals surface area contributed by atoms with E-state index in [9.17, 15) is 9.59 Å². The summed E-state index contributed by atoms with van der Waals surface area (Å²) < 4.78 is 21.4. The maximum absolute atomic E-state index is 15.0. The molecular weight excluding hydrogens is 523 g/mol. The Morgan fingerprint density at radius 2 is 1.68 bits per heavy atom. The molecule has 2 aromatic carbocycles. The summed E-state index contributed by atoms with van der Waals surface area (Å²) in [6, 6.07) is 11.4. The van der Waals surface area contributed by atoms with Crippen molar-refractivity contribution in [1.82, 2.24) is 20.2 Å². The summed E-state index contributed by atoms with van der Waals surface area (Å²) in [4.78, 5) is 41.5. The predicted octanol–water partition coefficient (Wildman–Crippen LogP) is 3.05. The number of ether oxygens (including phenoxy) is 1. The van der Waals surface area contributed by atoms with E-state index in [-0.39, 0.29) is 35.0 Å². The van der Waals surface area contributed by atoms with Gasteiger partial charge in [0.15, 0.2) is 0 Å². The first kappa shape index (κ1) is 25.0. The maximum atomic E-state index is 15.0. The van der Waals surface area contributed by atoms with Crippen LogP contribution in [-0.4, -0.2) is 71.6 Å². The fourth-order valence-corrected chi connectivity index (χ4v) is 7.93. The molecule has 4 fully saturated rings. The zero-order chi connectivity index (χ0) is 27.7. The van der Waals surface area contributed by atoms with Crippen molar-refractivity contribution in [3.8, 4) is 6.01 Å². The SMILES string of the molecule is O=C1NC(=O)C2CN(c3nc(OCC45CCCN4CCC5)nc4c3CCN(c3cccc5cccc(F)c35)C4)CC12.